The summed E-state index contributed by atoms with van der Waals surface area (Å²) in [6, 6.07) is 9.63. The average molecular weight is 344 g/mol. The van der Waals surface area contributed by atoms with Crippen LogP contribution in [0, 0.1) is 0 Å². The number of piperazine rings is 1. The van der Waals surface area contributed by atoms with E-state index in [1.54, 1.807) is 4.90 Å². The predicted octanol–water partition coefficient (Wildman–Crippen LogP) is -0.1000. The van der Waals surface area contributed by atoms with Gasteiger partial charge in [-0.25, -0.2) is 4.79 Å². The van der Waals surface area contributed by atoms with Gasteiger partial charge in [0.15, 0.2) is 0 Å². The molecule has 132 valence electrons. The number of hydrogen-bond acceptors (Lipinski definition) is 5. The van der Waals surface area contributed by atoms with Crippen LogP contribution in [0.4, 0.5) is 0 Å². The summed E-state index contributed by atoms with van der Waals surface area (Å²) in [6.07, 6.45) is 1.17. The fourth-order valence-electron chi connectivity index (χ4n) is 2.72. The van der Waals surface area contributed by atoms with Crippen LogP contribution in [0.25, 0.3) is 0 Å². The van der Waals surface area contributed by atoms with Gasteiger partial charge in [0.05, 0.1) is 0 Å². The summed E-state index contributed by atoms with van der Waals surface area (Å²) in [7, 11) is 0. The summed E-state index contributed by atoms with van der Waals surface area (Å²) >= 11 is 0. The molecule has 8 heteroatoms. The molecule has 0 bridgehead atoms. The summed E-state index contributed by atoms with van der Waals surface area (Å²) in [5.74, 6) is 0.478. The first-order valence-electron chi connectivity index (χ1n) is 8.15. The SMILES string of the molecule is O=C(c1c[nH]c(=O)[nH]c1=O)N1CCN(CCOc2ccccc2)CC1. The highest BCUT2D eigenvalue weighted by Gasteiger charge is 2.23. The Morgan fingerprint density at radius 1 is 1.08 bits per heavy atom. The van der Waals surface area contributed by atoms with Gasteiger partial charge in [-0.1, -0.05) is 18.2 Å². The number of carbonyl (C=O) groups is 1. The zero-order valence-electron chi connectivity index (χ0n) is 13.7. The number of rotatable bonds is 5. The molecule has 1 aliphatic heterocycles. The molecule has 25 heavy (non-hydrogen) atoms. The van der Waals surface area contributed by atoms with E-state index in [9.17, 15) is 14.4 Å². The normalized spacial score (nSPS) is 15.1. The number of benzene rings is 1. The van der Waals surface area contributed by atoms with Crippen LogP contribution in [0.15, 0.2) is 46.1 Å². The van der Waals surface area contributed by atoms with Crippen molar-refractivity contribution in [1.29, 1.82) is 0 Å². The van der Waals surface area contributed by atoms with Crippen molar-refractivity contribution in [2.45, 2.75) is 0 Å². The largest absolute Gasteiger partial charge is 0.492 e. The maximum absolute atomic E-state index is 12.4. The van der Waals surface area contributed by atoms with Crippen LogP contribution in [0.5, 0.6) is 5.75 Å². The van der Waals surface area contributed by atoms with Gasteiger partial charge in [0.2, 0.25) is 0 Å². The molecule has 2 aromatic rings. The van der Waals surface area contributed by atoms with Crippen molar-refractivity contribution in [1.82, 2.24) is 19.8 Å². The number of amides is 1. The number of nitrogens with zero attached hydrogens (tertiary/aromatic N) is 2. The van der Waals surface area contributed by atoms with E-state index in [0.29, 0.717) is 32.8 Å². The quantitative estimate of drug-likeness (QED) is 0.789. The molecule has 1 aromatic carbocycles. The molecule has 1 aliphatic rings. The molecule has 0 saturated carbocycles. The zero-order valence-corrected chi connectivity index (χ0v) is 13.7. The lowest BCUT2D eigenvalue weighted by Crippen LogP contribution is -2.50. The molecule has 8 nitrogen and oxygen atoms in total. The Bertz CT molecular complexity index is 822. The third-order valence-electron chi connectivity index (χ3n) is 4.13. The third-order valence-corrected chi connectivity index (χ3v) is 4.13. The Kier molecular flexibility index (Phi) is 5.30. The monoisotopic (exact) mass is 344 g/mol. The molecule has 1 amide bonds. The minimum Gasteiger partial charge on any atom is -0.492 e. The maximum Gasteiger partial charge on any atom is 0.325 e. The molecular formula is C17H20N4O4. The highest BCUT2D eigenvalue weighted by Crippen LogP contribution is 2.09. The molecule has 1 aromatic heterocycles. The fraction of sp³-hybridized carbons (Fsp3) is 0.353. The molecule has 1 saturated heterocycles. The van der Waals surface area contributed by atoms with E-state index in [1.807, 2.05) is 30.3 Å². The molecule has 0 atom stereocenters. The highest BCUT2D eigenvalue weighted by atomic mass is 16.5. The molecule has 0 spiro atoms. The van der Waals surface area contributed by atoms with Crippen molar-refractivity contribution in [3.05, 3.63) is 62.9 Å². The van der Waals surface area contributed by atoms with Crippen molar-refractivity contribution >= 4 is 5.91 Å². The Morgan fingerprint density at radius 2 is 1.80 bits per heavy atom. The van der Waals surface area contributed by atoms with Gasteiger partial charge in [0.25, 0.3) is 11.5 Å². The van der Waals surface area contributed by atoms with E-state index in [1.165, 1.54) is 6.20 Å². The topological polar surface area (TPSA) is 98.5 Å². The number of aromatic amines is 2. The Balaban J connectivity index is 1.47. The number of aromatic nitrogens is 2. The first-order valence-corrected chi connectivity index (χ1v) is 8.15. The summed E-state index contributed by atoms with van der Waals surface area (Å²) in [5, 5.41) is 0. The number of para-hydroxylation sites is 1. The lowest BCUT2D eigenvalue weighted by atomic mass is 10.2. The minimum absolute atomic E-state index is 0.0412. The van der Waals surface area contributed by atoms with Crippen LogP contribution >= 0.6 is 0 Å². The minimum atomic E-state index is -0.660. The number of carbonyl (C=O) groups excluding carboxylic acids is 1. The number of ether oxygens (including phenoxy) is 1. The smallest absolute Gasteiger partial charge is 0.325 e. The maximum atomic E-state index is 12.4. The molecule has 0 aliphatic carbocycles. The van der Waals surface area contributed by atoms with E-state index in [4.69, 9.17) is 4.74 Å². The van der Waals surface area contributed by atoms with Gasteiger partial charge in [-0.2, -0.15) is 0 Å². The van der Waals surface area contributed by atoms with Crippen LogP contribution in [-0.4, -0.2) is 65.0 Å². The van der Waals surface area contributed by atoms with Gasteiger partial charge in [0.1, 0.15) is 17.9 Å². The van der Waals surface area contributed by atoms with Gasteiger partial charge in [-0.3, -0.25) is 19.5 Å². The van der Waals surface area contributed by atoms with Gasteiger partial charge >= 0.3 is 5.69 Å². The standard InChI is InChI=1S/C17H20N4O4/c22-15-14(12-18-17(24)19-15)16(23)21-8-6-20(7-9-21)10-11-25-13-4-2-1-3-5-13/h1-5,12H,6-11H2,(H2,18,19,22,24). The molecular weight excluding hydrogens is 324 g/mol. The molecule has 0 radical (unpaired) electrons. The first-order chi connectivity index (χ1) is 12.1. The van der Waals surface area contributed by atoms with Gasteiger partial charge in [0, 0.05) is 38.9 Å². The molecule has 1 fully saturated rings. The van der Waals surface area contributed by atoms with Crippen LogP contribution in [0.2, 0.25) is 0 Å². The molecule has 2 heterocycles. The van der Waals surface area contributed by atoms with Gasteiger partial charge < -0.3 is 14.6 Å². The van der Waals surface area contributed by atoms with Gasteiger partial charge in [-0.05, 0) is 12.1 Å². The molecule has 0 unspecified atom stereocenters. The highest BCUT2D eigenvalue weighted by molar-refractivity contribution is 5.93. The van der Waals surface area contributed by atoms with E-state index >= 15 is 0 Å². The van der Waals surface area contributed by atoms with Crippen LogP contribution in [0.3, 0.4) is 0 Å². The Labute approximate surface area is 144 Å². The van der Waals surface area contributed by atoms with E-state index in [-0.39, 0.29) is 11.5 Å². The third kappa shape index (κ3) is 4.36. The molecule has 2 N–H and O–H groups in total. The van der Waals surface area contributed by atoms with Crippen molar-refractivity contribution < 1.29 is 9.53 Å². The Morgan fingerprint density at radius 3 is 2.48 bits per heavy atom. The molecule has 3 rings (SSSR count). The Hall–Kier alpha value is -2.87. The van der Waals surface area contributed by atoms with Crippen LogP contribution in [0.1, 0.15) is 10.4 Å². The van der Waals surface area contributed by atoms with Crippen LogP contribution in [-0.2, 0) is 0 Å². The fourth-order valence-corrected chi connectivity index (χ4v) is 2.72. The van der Waals surface area contributed by atoms with Crippen molar-refractivity contribution in [2.75, 3.05) is 39.3 Å². The number of hydrogen-bond donors (Lipinski definition) is 2. The second-order valence-corrected chi connectivity index (χ2v) is 5.78. The van der Waals surface area contributed by atoms with Crippen LogP contribution < -0.4 is 16.0 Å². The van der Waals surface area contributed by atoms with Gasteiger partial charge in [-0.15, -0.1) is 0 Å². The van der Waals surface area contributed by atoms with E-state index in [0.717, 1.165) is 12.3 Å². The van der Waals surface area contributed by atoms with Crippen molar-refractivity contribution in [3.8, 4) is 5.75 Å². The number of H-pyrrole nitrogens is 2. The van der Waals surface area contributed by atoms with Crippen molar-refractivity contribution in [2.24, 2.45) is 0 Å². The lowest BCUT2D eigenvalue weighted by Gasteiger charge is -2.34. The first kappa shape index (κ1) is 17.0. The predicted molar refractivity (Wildman–Crippen MR) is 92.0 cm³/mol. The van der Waals surface area contributed by atoms with E-state index in [2.05, 4.69) is 14.9 Å². The average Bonchev–Trinajstić information content (AvgIpc) is 2.63. The zero-order chi connectivity index (χ0) is 17.6. The summed E-state index contributed by atoms with van der Waals surface area (Å²) in [5.41, 5.74) is -1.32. The number of nitrogens with one attached hydrogen (secondary N) is 2. The summed E-state index contributed by atoms with van der Waals surface area (Å²) < 4.78 is 5.68. The summed E-state index contributed by atoms with van der Waals surface area (Å²) in [4.78, 5) is 43.4. The second kappa shape index (κ2) is 7.80. The summed E-state index contributed by atoms with van der Waals surface area (Å²) in [6.45, 7) is 3.84. The lowest BCUT2D eigenvalue weighted by molar-refractivity contribution is 0.0618. The van der Waals surface area contributed by atoms with Crippen molar-refractivity contribution in [3.63, 3.8) is 0 Å². The van der Waals surface area contributed by atoms with E-state index < -0.39 is 11.2 Å². The second-order valence-electron chi connectivity index (χ2n) is 5.78.